The summed E-state index contributed by atoms with van der Waals surface area (Å²) in [6.45, 7) is 2.98. The molecule has 0 amide bonds. The fourth-order valence-corrected chi connectivity index (χ4v) is 3.59. The minimum atomic E-state index is -0.449. The molecule has 2 nitrogen and oxygen atoms in total. The Morgan fingerprint density at radius 3 is 2.94 bits per heavy atom. The van der Waals surface area contributed by atoms with E-state index in [0.717, 1.165) is 31.6 Å². The summed E-state index contributed by atoms with van der Waals surface area (Å²) in [6.07, 6.45) is 5.23. The summed E-state index contributed by atoms with van der Waals surface area (Å²) in [5.41, 5.74) is 0.839. The van der Waals surface area contributed by atoms with Gasteiger partial charge in [0.25, 0.3) is 0 Å². The maximum atomic E-state index is 10.8. The number of hydrogen-bond acceptors (Lipinski definition) is 2. The van der Waals surface area contributed by atoms with Gasteiger partial charge in [0.15, 0.2) is 0 Å². The number of ether oxygens (including phenoxy) is 1. The van der Waals surface area contributed by atoms with Gasteiger partial charge < -0.3 is 9.84 Å². The molecule has 0 saturated heterocycles. The number of fused-ring (bicyclic) bond motifs is 1. The molecule has 1 aliphatic carbocycles. The normalized spacial score (nSPS) is 35.0. The zero-order chi connectivity index (χ0) is 12.6. The number of benzene rings is 1. The number of para-hydroxylation sites is 1. The zero-order valence-corrected chi connectivity index (χ0v) is 11.1. The van der Waals surface area contributed by atoms with Crippen molar-refractivity contribution in [3.8, 4) is 5.75 Å². The number of aliphatic hydroxyl groups is 1. The molecule has 1 N–H and O–H groups in total. The van der Waals surface area contributed by atoms with Gasteiger partial charge in [-0.3, -0.25) is 0 Å². The first-order valence-electron chi connectivity index (χ1n) is 7.13. The second kappa shape index (κ2) is 4.58. The molecule has 0 aromatic heterocycles. The van der Waals surface area contributed by atoms with Crippen LogP contribution in [0.15, 0.2) is 24.3 Å². The molecule has 2 heteroatoms. The van der Waals surface area contributed by atoms with E-state index < -0.39 is 5.60 Å². The molecule has 1 saturated carbocycles. The average molecular weight is 246 g/mol. The Bertz CT molecular complexity index is 429. The highest BCUT2D eigenvalue weighted by atomic mass is 16.5. The van der Waals surface area contributed by atoms with Crippen LogP contribution in [-0.4, -0.2) is 17.3 Å². The Kier molecular flexibility index (Phi) is 3.06. The summed E-state index contributed by atoms with van der Waals surface area (Å²) in [5.74, 6) is 1.91. The van der Waals surface area contributed by atoms with E-state index in [1.807, 2.05) is 12.1 Å². The second-order valence-electron chi connectivity index (χ2n) is 5.97. The third-order valence-corrected chi connectivity index (χ3v) is 4.85. The van der Waals surface area contributed by atoms with Gasteiger partial charge in [-0.25, -0.2) is 0 Å². The Balaban J connectivity index is 1.82. The molecule has 98 valence electrons. The van der Waals surface area contributed by atoms with Crippen LogP contribution in [0.2, 0.25) is 0 Å². The molecule has 1 heterocycles. The third kappa shape index (κ3) is 2.03. The van der Waals surface area contributed by atoms with Crippen molar-refractivity contribution in [2.45, 2.75) is 50.5 Å². The molecular formula is C16H22O2. The van der Waals surface area contributed by atoms with E-state index in [4.69, 9.17) is 4.74 Å². The van der Waals surface area contributed by atoms with E-state index >= 15 is 0 Å². The van der Waals surface area contributed by atoms with Crippen molar-refractivity contribution in [3.63, 3.8) is 0 Å². The molecule has 1 aromatic carbocycles. The molecule has 3 rings (SSSR count). The molecule has 3 atom stereocenters. The highest BCUT2D eigenvalue weighted by Crippen LogP contribution is 2.45. The summed E-state index contributed by atoms with van der Waals surface area (Å²) in [6, 6.07) is 8.29. The monoisotopic (exact) mass is 246 g/mol. The predicted octanol–water partition coefficient (Wildman–Crippen LogP) is 3.49. The Morgan fingerprint density at radius 1 is 1.33 bits per heavy atom. The second-order valence-corrected chi connectivity index (χ2v) is 5.97. The van der Waals surface area contributed by atoms with Crippen LogP contribution in [0, 0.1) is 5.92 Å². The highest BCUT2D eigenvalue weighted by Gasteiger charge is 2.41. The van der Waals surface area contributed by atoms with Gasteiger partial charge in [-0.15, -0.1) is 0 Å². The van der Waals surface area contributed by atoms with Crippen LogP contribution in [0.4, 0.5) is 0 Å². The first-order valence-corrected chi connectivity index (χ1v) is 7.13. The van der Waals surface area contributed by atoms with Crippen molar-refractivity contribution in [3.05, 3.63) is 29.8 Å². The lowest BCUT2D eigenvalue weighted by molar-refractivity contribution is -0.00853. The molecule has 1 aromatic rings. The van der Waals surface area contributed by atoms with Crippen molar-refractivity contribution in [2.75, 3.05) is 6.61 Å². The van der Waals surface area contributed by atoms with Crippen LogP contribution in [0.3, 0.4) is 0 Å². The van der Waals surface area contributed by atoms with E-state index in [1.165, 1.54) is 18.4 Å². The van der Waals surface area contributed by atoms with Crippen LogP contribution < -0.4 is 4.74 Å². The van der Waals surface area contributed by atoms with Crippen molar-refractivity contribution in [1.29, 1.82) is 0 Å². The van der Waals surface area contributed by atoms with Crippen molar-refractivity contribution < 1.29 is 9.84 Å². The van der Waals surface area contributed by atoms with Gasteiger partial charge in [0, 0.05) is 0 Å². The minimum absolute atomic E-state index is 0.438. The van der Waals surface area contributed by atoms with Crippen LogP contribution >= 0.6 is 0 Å². The summed E-state index contributed by atoms with van der Waals surface area (Å²) in [5, 5.41) is 10.8. The molecule has 1 aliphatic heterocycles. The Labute approximate surface area is 109 Å². The van der Waals surface area contributed by atoms with E-state index in [9.17, 15) is 5.11 Å². The Morgan fingerprint density at radius 2 is 2.17 bits per heavy atom. The van der Waals surface area contributed by atoms with Crippen LogP contribution in [-0.2, 0) is 0 Å². The molecule has 1 fully saturated rings. The number of hydrogen-bond donors (Lipinski definition) is 1. The van der Waals surface area contributed by atoms with Gasteiger partial charge in [-0.05, 0) is 49.1 Å². The number of rotatable bonds is 2. The van der Waals surface area contributed by atoms with Crippen molar-refractivity contribution >= 4 is 0 Å². The van der Waals surface area contributed by atoms with Crippen molar-refractivity contribution in [1.82, 2.24) is 0 Å². The van der Waals surface area contributed by atoms with E-state index in [2.05, 4.69) is 19.1 Å². The summed E-state index contributed by atoms with van der Waals surface area (Å²) >= 11 is 0. The van der Waals surface area contributed by atoms with E-state index in [0.29, 0.717) is 11.8 Å². The first kappa shape index (κ1) is 12.0. The molecule has 0 radical (unpaired) electrons. The highest BCUT2D eigenvalue weighted by molar-refractivity contribution is 5.38. The molecular weight excluding hydrogens is 224 g/mol. The fraction of sp³-hybridized carbons (Fsp3) is 0.625. The van der Waals surface area contributed by atoms with Crippen LogP contribution in [0.25, 0.3) is 0 Å². The topological polar surface area (TPSA) is 29.5 Å². The third-order valence-electron chi connectivity index (χ3n) is 4.85. The lowest BCUT2D eigenvalue weighted by atomic mass is 9.78. The molecule has 0 bridgehead atoms. The van der Waals surface area contributed by atoms with Gasteiger partial charge in [-0.2, -0.15) is 0 Å². The fourth-order valence-electron chi connectivity index (χ4n) is 3.59. The average Bonchev–Trinajstić information content (AvgIpc) is 2.70. The minimum Gasteiger partial charge on any atom is -0.493 e. The van der Waals surface area contributed by atoms with Crippen LogP contribution in [0.5, 0.6) is 5.75 Å². The lowest BCUT2D eigenvalue weighted by Crippen LogP contribution is -2.34. The zero-order valence-electron chi connectivity index (χ0n) is 11.1. The van der Waals surface area contributed by atoms with E-state index in [1.54, 1.807) is 0 Å². The Hall–Kier alpha value is -1.02. The van der Waals surface area contributed by atoms with Gasteiger partial charge in [-0.1, -0.05) is 31.5 Å². The predicted molar refractivity (Wildman–Crippen MR) is 71.9 cm³/mol. The van der Waals surface area contributed by atoms with Gasteiger partial charge >= 0.3 is 0 Å². The van der Waals surface area contributed by atoms with Crippen molar-refractivity contribution in [2.24, 2.45) is 5.92 Å². The summed E-state index contributed by atoms with van der Waals surface area (Å²) in [7, 11) is 0. The summed E-state index contributed by atoms with van der Waals surface area (Å²) in [4.78, 5) is 0. The lowest BCUT2D eigenvalue weighted by Gasteiger charge is -2.34. The quantitative estimate of drug-likeness (QED) is 0.865. The molecule has 0 spiro atoms. The standard InChI is InChI=1S/C16H22O2/c1-12-5-4-9-16(12,17)11-13-8-10-18-15-7-3-2-6-14(13)15/h2-3,6-7,12-13,17H,4-5,8-11H2,1H3. The van der Waals surface area contributed by atoms with Crippen LogP contribution in [0.1, 0.15) is 50.5 Å². The molecule has 18 heavy (non-hydrogen) atoms. The maximum Gasteiger partial charge on any atom is 0.122 e. The van der Waals surface area contributed by atoms with E-state index in [-0.39, 0.29) is 0 Å². The van der Waals surface area contributed by atoms with Gasteiger partial charge in [0.1, 0.15) is 5.75 Å². The smallest absolute Gasteiger partial charge is 0.122 e. The first-order chi connectivity index (χ1) is 8.69. The maximum absolute atomic E-state index is 10.8. The summed E-state index contributed by atoms with van der Waals surface area (Å²) < 4.78 is 5.70. The molecule has 2 aliphatic rings. The molecule has 3 unspecified atom stereocenters. The largest absolute Gasteiger partial charge is 0.493 e. The van der Waals surface area contributed by atoms with Gasteiger partial charge in [0.05, 0.1) is 12.2 Å². The van der Waals surface area contributed by atoms with Gasteiger partial charge in [0.2, 0.25) is 0 Å². The SMILES string of the molecule is CC1CCCC1(O)CC1CCOc2ccccc21.